The minimum Gasteiger partial charge on any atom is -0.368 e. The third kappa shape index (κ3) is 5.63. The van der Waals surface area contributed by atoms with Crippen LogP contribution >= 0.6 is 0 Å². The summed E-state index contributed by atoms with van der Waals surface area (Å²) in [5, 5.41) is 4.08. The molecule has 0 amide bonds. The summed E-state index contributed by atoms with van der Waals surface area (Å²) in [6, 6.07) is 13.1. The predicted octanol–water partition coefficient (Wildman–Crippen LogP) is 5.82. The van der Waals surface area contributed by atoms with E-state index in [1.807, 2.05) is 12.2 Å². The van der Waals surface area contributed by atoms with Crippen LogP contribution in [0.1, 0.15) is 50.6 Å². The van der Waals surface area contributed by atoms with Crippen molar-refractivity contribution in [2.45, 2.75) is 33.6 Å². The zero-order valence-corrected chi connectivity index (χ0v) is 18.3. The Labute approximate surface area is 178 Å². The fourth-order valence-electron chi connectivity index (χ4n) is 3.36. The second kappa shape index (κ2) is 10.3. The summed E-state index contributed by atoms with van der Waals surface area (Å²) in [7, 11) is 0. The van der Waals surface area contributed by atoms with Gasteiger partial charge in [-0.25, -0.2) is 14.4 Å². The van der Waals surface area contributed by atoms with Gasteiger partial charge in [0.15, 0.2) is 5.82 Å². The predicted molar refractivity (Wildman–Crippen MR) is 125 cm³/mol. The zero-order chi connectivity index (χ0) is 21.5. The highest BCUT2D eigenvalue weighted by molar-refractivity contribution is 5.90. The molecule has 3 aromatic rings. The van der Waals surface area contributed by atoms with Gasteiger partial charge < -0.3 is 10.2 Å². The Morgan fingerprint density at radius 2 is 1.73 bits per heavy atom. The number of rotatable bonds is 9. The van der Waals surface area contributed by atoms with Crippen LogP contribution in [0.4, 0.5) is 10.2 Å². The molecule has 30 heavy (non-hydrogen) atoms. The van der Waals surface area contributed by atoms with Crippen LogP contribution in [0.25, 0.3) is 23.1 Å². The van der Waals surface area contributed by atoms with E-state index in [1.165, 1.54) is 17.7 Å². The Morgan fingerprint density at radius 1 is 1.00 bits per heavy atom. The molecule has 0 aliphatic heterocycles. The Kier molecular flexibility index (Phi) is 7.52. The molecule has 1 heterocycles. The summed E-state index contributed by atoms with van der Waals surface area (Å²) >= 11 is 0. The molecule has 0 atom stereocenters. The van der Waals surface area contributed by atoms with Gasteiger partial charge in [0.2, 0.25) is 0 Å². The van der Waals surface area contributed by atoms with Gasteiger partial charge in [-0.3, -0.25) is 0 Å². The van der Waals surface area contributed by atoms with E-state index in [0.29, 0.717) is 22.9 Å². The molecule has 4 nitrogen and oxygen atoms in total. The molecular weight excluding hydrogens is 375 g/mol. The highest BCUT2D eigenvalue weighted by atomic mass is 19.1. The molecule has 1 aromatic heterocycles. The smallest absolute Gasteiger partial charge is 0.154 e. The van der Waals surface area contributed by atoms with E-state index in [-0.39, 0.29) is 5.82 Å². The first-order chi connectivity index (χ1) is 14.5. The quantitative estimate of drug-likeness (QED) is 0.486. The summed E-state index contributed by atoms with van der Waals surface area (Å²) in [6.45, 7) is 12.3. The molecule has 0 saturated heterocycles. The lowest BCUT2D eigenvalue weighted by atomic mass is 10.0. The van der Waals surface area contributed by atoms with E-state index in [0.717, 1.165) is 37.3 Å². The maximum Gasteiger partial charge on any atom is 0.154 e. The van der Waals surface area contributed by atoms with E-state index in [4.69, 9.17) is 0 Å². The van der Waals surface area contributed by atoms with Crippen LogP contribution in [0.15, 0.2) is 42.5 Å². The molecule has 0 bridgehead atoms. The number of anilines is 1. The van der Waals surface area contributed by atoms with Crippen molar-refractivity contribution >= 4 is 28.9 Å². The van der Waals surface area contributed by atoms with Gasteiger partial charge >= 0.3 is 0 Å². The molecule has 0 aliphatic carbocycles. The highest BCUT2D eigenvalue weighted by Crippen LogP contribution is 2.22. The molecule has 5 heteroatoms. The standard InChI is InChI=1S/C25H31FN4/c1-5-30(6-2)16-15-27-25-22-17-21(26)12-13-23(22)28-24(29-25)14-9-19-7-10-20(11-8-19)18(3)4/h7-14,17-18H,5-6,15-16H2,1-4H3,(H,27,28,29)/b14-9+. The first-order valence-electron chi connectivity index (χ1n) is 10.7. The van der Waals surface area contributed by atoms with Crippen LogP contribution in [-0.2, 0) is 0 Å². The van der Waals surface area contributed by atoms with Crippen molar-refractivity contribution in [1.82, 2.24) is 14.9 Å². The van der Waals surface area contributed by atoms with Crippen molar-refractivity contribution in [2.24, 2.45) is 0 Å². The Balaban J connectivity index is 1.84. The van der Waals surface area contributed by atoms with E-state index in [1.54, 1.807) is 6.07 Å². The summed E-state index contributed by atoms with van der Waals surface area (Å²) in [5.74, 6) is 1.50. The molecule has 0 saturated carbocycles. The second-order valence-corrected chi connectivity index (χ2v) is 7.70. The molecule has 0 fully saturated rings. The first kappa shape index (κ1) is 21.9. The van der Waals surface area contributed by atoms with Gasteiger partial charge in [-0.2, -0.15) is 0 Å². The summed E-state index contributed by atoms with van der Waals surface area (Å²) in [5.41, 5.74) is 3.14. The van der Waals surface area contributed by atoms with Crippen molar-refractivity contribution < 1.29 is 4.39 Å². The lowest BCUT2D eigenvalue weighted by Crippen LogP contribution is -2.28. The lowest BCUT2D eigenvalue weighted by molar-refractivity contribution is 0.316. The van der Waals surface area contributed by atoms with Crippen molar-refractivity contribution in [3.63, 3.8) is 0 Å². The van der Waals surface area contributed by atoms with Crippen LogP contribution in [0, 0.1) is 5.82 Å². The maximum atomic E-state index is 13.8. The minimum atomic E-state index is -0.286. The summed E-state index contributed by atoms with van der Waals surface area (Å²) in [6.07, 6.45) is 3.91. The lowest BCUT2D eigenvalue weighted by Gasteiger charge is -2.18. The summed E-state index contributed by atoms with van der Waals surface area (Å²) < 4.78 is 13.8. The second-order valence-electron chi connectivity index (χ2n) is 7.70. The number of hydrogen-bond acceptors (Lipinski definition) is 4. The molecular formula is C25H31FN4. The van der Waals surface area contributed by atoms with E-state index >= 15 is 0 Å². The Hall–Kier alpha value is -2.79. The average molecular weight is 407 g/mol. The van der Waals surface area contributed by atoms with Gasteiger partial charge in [-0.1, -0.05) is 58.0 Å². The molecule has 158 valence electrons. The Morgan fingerprint density at radius 3 is 2.40 bits per heavy atom. The molecule has 0 spiro atoms. The zero-order valence-electron chi connectivity index (χ0n) is 18.3. The topological polar surface area (TPSA) is 41.0 Å². The van der Waals surface area contributed by atoms with Crippen LogP contribution in [0.5, 0.6) is 0 Å². The van der Waals surface area contributed by atoms with Crippen molar-refractivity contribution in [1.29, 1.82) is 0 Å². The van der Waals surface area contributed by atoms with Crippen molar-refractivity contribution in [3.05, 3.63) is 65.2 Å². The van der Waals surface area contributed by atoms with Crippen molar-refractivity contribution in [2.75, 3.05) is 31.5 Å². The van der Waals surface area contributed by atoms with Gasteiger partial charge in [0.05, 0.1) is 5.52 Å². The third-order valence-electron chi connectivity index (χ3n) is 5.32. The van der Waals surface area contributed by atoms with Gasteiger partial charge in [0.25, 0.3) is 0 Å². The molecule has 2 aromatic carbocycles. The fraction of sp³-hybridized carbons (Fsp3) is 0.360. The molecule has 1 N–H and O–H groups in total. The SMILES string of the molecule is CCN(CC)CCNc1nc(/C=C/c2ccc(C(C)C)cc2)nc2ccc(F)cc12. The van der Waals surface area contributed by atoms with Crippen molar-refractivity contribution in [3.8, 4) is 0 Å². The molecule has 0 radical (unpaired) electrons. The number of nitrogens with one attached hydrogen (secondary N) is 1. The minimum absolute atomic E-state index is 0.286. The number of aromatic nitrogens is 2. The number of fused-ring (bicyclic) bond motifs is 1. The number of halogens is 1. The van der Waals surface area contributed by atoms with Gasteiger partial charge in [0.1, 0.15) is 11.6 Å². The van der Waals surface area contributed by atoms with Gasteiger partial charge in [-0.15, -0.1) is 0 Å². The molecule has 3 rings (SSSR count). The van der Waals surface area contributed by atoms with E-state index < -0.39 is 0 Å². The maximum absolute atomic E-state index is 13.8. The Bertz CT molecular complexity index is 992. The number of nitrogens with zero attached hydrogens (tertiary/aromatic N) is 3. The van der Waals surface area contributed by atoms with Crippen LogP contribution < -0.4 is 5.32 Å². The largest absolute Gasteiger partial charge is 0.368 e. The number of benzene rings is 2. The fourth-order valence-corrected chi connectivity index (χ4v) is 3.36. The van der Waals surface area contributed by atoms with Crippen LogP contribution in [0.3, 0.4) is 0 Å². The van der Waals surface area contributed by atoms with E-state index in [9.17, 15) is 4.39 Å². The van der Waals surface area contributed by atoms with Gasteiger partial charge in [-0.05, 0) is 54.4 Å². The molecule has 0 unspecified atom stereocenters. The summed E-state index contributed by atoms with van der Waals surface area (Å²) in [4.78, 5) is 11.6. The van der Waals surface area contributed by atoms with Gasteiger partial charge in [0, 0.05) is 18.5 Å². The monoisotopic (exact) mass is 406 g/mol. The normalized spacial score (nSPS) is 11.8. The molecule has 0 aliphatic rings. The van der Waals surface area contributed by atoms with Crippen LogP contribution in [-0.4, -0.2) is 41.0 Å². The number of likely N-dealkylation sites (N-methyl/N-ethyl adjacent to an activating group) is 1. The van der Waals surface area contributed by atoms with Crippen LogP contribution in [0.2, 0.25) is 0 Å². The number of hydrogen-bond donors (Lipinski definition) is 1. The van der Waals surface area contributed by atoms with E-state index in [2.05, 4.69) is 72.1 Å². The average Bonchev–Trinajstić information content (AvgIpc) is 2.75. The highest BCUT2D eigenvalue weighted by Gasteiger charge is 2.08. The first-order valence-corrected chi connectivity index (χ1v) is 10.7. The third-order valence-corrected chi connectivity index (χ3v) is 5.32.